The van der Waals surface area contributed by atoms with Gasteiger partial charge in [0.1, 0.15) is 6.29 Å². The van der Waals surface area contributed by atoms with E-state index in [4.69, 9.17) is 0 Å². The van der Waals surface area contributed by atoms with Crippen molar-refractivity contribution in [2.45, 2.75) is 65.2 Å². The van der Waals surface area contributed by atoms with Crippen LogP contribution in [0.25, 0.3) is 0 Å². The highest BCUT2D eigenvalue weighted by Crippen LogP contribution is 2.64. The van der Waals surface area contributed by atoms with E-state index in [2.05, 4.69) is 13.0 Å². The molecule has 140 valence electrons. The van der Waals surface area contributed by atoms with Gasteiger partial charge in [-0.05, 0) is 68.6 Å². The first-order valence-corrected chi connectivity index (χ1v) is 9.40. The van der Waals surface area contributed by atoms with Crippen molar-refractivity contribution in [2.75, 3.05) is 0 Å². The molecule has 0 spiro atoms. The van der Waals surface area contributed by atoms with E-state index in [1.165, 1.54) is 0 Å². The maximum absolute atomic E-state index is 14.0. The van der Waals surface area contributed by atoms with E-state index < -0.39 is 35.6 Å². The Morgan fingerprint density at radius 1 is 1.40 bits per heavy atom. The summed E-state index contributed by atoms with van der Waals surface area (Å²) < 4.78 is 28.0. The predicted molar refractivity (Wildman–Crippen MR) is 90.3 cm³/mol. The van der Waals surface area contributed by atoms with Gasteiger partial charge in [0.15, 0.2) is 0 Å². The van der Waals surface area contributed by atoms with Crippen LogP contribution in [0.5, 0.6) is 0 Å². The fourth-order valence-electron chi connectivity index (χ4n) is 6.19. The quantitative estimate of drug-likeness (QED) is 0.587. The first kappa shape index (κ1) is 18.5. The molecule has 5 heteroatoms. The third-order valence-corrected chi connectivity index (χ3v) is 7.68. The molecule has 3 nitrogen and oxygen atoms in total. The minimum atomic E-state index is -2.48. The van der Waals surface area contributed by atoms with Crippen LogP contribution in [0.1, 0.15) is 58.8 Å². The normalized spacial score (nSPS) is 43.8. The molecular formula is C20H28F2O3. The summed E-state index contributed by atoms with van der Waals surface area (Å²) in [4.78, 5) is 23.3. The van der Waals surface area contributed by atoms with Crippen LogP contribution in [0.2, 0.25) is 0 Å². The number of hydrogen-bond donors (Lipinski definition) is 1. The number of carbonyl (C=O) groups is 2. The lowest BCUT2D eigenvalue weighted by Gasteiger charge is -2.60. The van der Waals surface area contributed by atoms with Crippen molar-refractivity contribution in [2.24, 2.45) is 34.5 Å². The molecule has 0 amide bonds. The first-order valence-electron chi connectivity index (χ1n) is 9.40. The summed E-state index contributed by atoms with van der Waals surface area (Å²) in [6.45, 7) is 3.83. The van der Waals surface area contributed by atoms with Crippen LogP contribution < -0.4 is 0 Å². The summed E-state index contributed by atoms with van der Waals surface area (Å²) in [6.07, 6.45) is 4.89. The van der Waals surface area contributed by atoms with Gasteiger partial charge in [-0.1, -0.05) is 18.6 Å². The number of fused-ring (bicyclic) bond motifs is 3. The van der Waals surface area contributed by atoms with E-state index in [0.29, 0.717) is 19.3 Å². The number of aliphatic carboxylic acids is 1. The second kappa shape index (κ2) is 6.48. The van der Waals surface area contributed by atoms with Crippen LogP contribution >= 0.6 is 0 Å². The molecule has 1 N–H and O–H groups in total. The van der Waals surface area contributed by atoms with E-state index in [-0.39, 0.29) is 17.8 Å². The van der Waals surface area contributed by atoms with E-state index in [0.717, 1.165) is 31.1 Å². The Morgan fingerprint density at radius 3 is 2.72 bits per heavy atom. The molecule has 3 rings (SSSR count). The SMILES string of the molecule is C[C@]12CCCC=C1C[C@@H](C(F)F)[C@H]1C(CC=O)[C@@](C)(C(=O)O)CC[C@@H]12. The van der Waals surface area contributed by atoms with Gasteiger partial charge in [-0.25, -0.2) is 8.78 Å². The minimum Gasteiger partial charge on any atom is -0.481 e. The molecule has 3 aliphatic carbocycles. The van der Waals surface area contributed by atoms with Gasteiger partial charge in [-0.3, -0.25) is 4.79 Å². The Bertz CT molecular complexity index is 587. The number of hydrogen-bond acceptors (Lipinski definition) is 2. The summed E-state index contributed by atoms with van der Waals surface area (Å²) >= 11 is 0. The lowest BCUT2D eigenvalue weighted by Crippen LogP contribution is -2.56. The third kappa shape index (κ3) is 2.74. The van der Waals surface area contributed by atoms with Crippen LogP contribution in [0.15, 0.2) is 11.6 Å². The summed E-state index contributed by atoms with van der Waals surface area (Å²) in [6, 6.07) is 0. The predicted octanol–water partition coefficient (Wildman–Crippen LogP) is 4.71. The molecule has 25 heavy (non-hydrogen) atoms. The van der Waals surface area contributed by atoms with Crippen molar-refractivity contribution >= 4 is 12.3 Å². The zero-order valence-corrected chi connectivity index (χ0v) is 15.0. The highest BCUT2D eigenvalue weighted by Gasteiger charge is 2.60. The maximum Gasteiger partial charge on any atom is 0.309 e. The van der Waals surface area contributed by atoms with Crippen LogP contribution in [-0.2, 0) is 9.59 Å². The van der Waals surface area contributed by atoms with Crippen molar-refractivity contribution in [3.63, 3.8) is 0 Å². The zero-order chi connectivity index (χ0) is 18.4. The van der Waals surface area contributed by atoms with Crippen LogP contribution in [0.3, 0.4) is 0 Å². The van der Waals surface area contributed by atoms with Crippen molar-refractivity contribution in [1.29, 1.82) is 0 Å². The van der Waals surface area contributed by atoms with E-state index in [9.17, 15) is 23.5 Å². The Hall–Kier alpha value is -1.26. The van der Waals surface area contributed by atoms with E-state index >= 15 is 0 Å². The molecule has 6 atom stereocenters. The van der Waals surface area contributed by atoms with Gasteiger partial charge < -0.3 is 9.90 Å². The van der Waals surface area contributed by atoms with Gasteiger partial charge in [0.05, 0.1) is 5.41 Å². The molecule has 0 radical (unpaired) electrons. The summed E-state index contributed by atoms with van der Waals surface area (Å²) in [5, 5.41) is 9.79. The topological polar surface area (TPSA) is 54.4 Å². The number of carbonyl (C=O) groups excluding carboxylic acids is 1. The summed E-state index contributed by atoms with van der Waals surface area (Å²) in [5.41, 5.74) is -0.0643. The van der Waals surface area contributed by atoms with Gasteiger partial charge in [-0.15, -0.1) is 0 Å². The van der Waals surface area contributed by atoms with Crippen LogP contribution in [-0.4, -0.2) is 23.8 Å². The zero-order valence-electron chi connectivity index (χ0n) is 15.0. The Kier molecular flexibility index (Phi) is 4.80. The molecule has 1 unspecified atom stereocenters. The molecule has 0 saturated heterocycles. The van der Waals surface area contributed by atoms with Gasteiger partial charge >= 0.3 is 5.97 Å². The summed E-state index contributed by atoms with van der Waals surface area (Å²) in [5.74, 6) is -2.67. The van der Waals surface area contributed by atoms with E-state index in [1.54, 1.807) is 6.92 Å². The first-order chi connectivity index (χ1) is 11.8. The minimum absolute atomic E-state index is 0.0455. The molecule has 0 aliphatic heterocycles. The average Bonchev–Trinajstić information content (AvgIpc) is 2.56. The molecule has 0 aromatic heterocycles. The highest BCUT2D eigenvalue weighted by atomic mass is 19.3. The standard InChI is InChI=1S/C20H28F2O3/c1-19-8-4-3-5-12(19)11-13(17(21)22)16-14(19)6-9-20(2,18(24)25)15(16)7-10-23/h5,10,13-17H,3-4,6-9,11H2,1-2H3,(H,24,25)/t13-,14+,15?,16-,19+,20+/m1/s1. The molecule has 0 heterocycles. The van der Waals surface area contributed by atoms with Gasteiger partial charge in [0, 0.05) is 12.3 Å². The number of aldehydes is 1. The largest absolute Gasteiger partial charge is 0.481 e. The fraction of sp³-hybridized carbons (Fsp3) is 0.800. The second-order valence-corrected chi connectivity index (χ2v) is 8.70. The van der Waals surface area contributed by atoms with Crippen molar-refractivity contribution in [3.05, 3.63) is 11.6 Å². The number of halogens is 2. The van der Waals surface area contributed by atoms with E-state index in [1.807, 2.05) is 0 Å². The Balaban J connectivity index is 2.09. The van der Waals surface area contributed by atoms with Crippen molar-refractivity contribution < 1.29 is 23.5 Å². The van der Waals surface area contributed by atoms with Crippen molar-refractivity contribution in [1.82, 2.24) is 0 Å². The Morgan fingerprint density at radius 2 is 2.12 bits per heavy atom. The number of rotatable bonds is 4. The molecule has 0 aromatic carbocycles. The highest BCUT2D eigenvalue weighted by molar-refractivity contribution is 5.75. The van der Waals surface area contributed by atoms with Gasteiger partial charge in [-0.2, -0.15) is 0 Å². The number of carboxylic acid groups (broad SMARTS) is 1. The Labute approximate surface area is 147 Å². The number of carboxylic acids is 1. The van der Waals surface area contributed by atoms with Gasteiger partial charge in [0.25, 0.3) is 0 Å². The number of allylic oxidation sites excluding steroid dienone is 2. The second-order valence-electron chi connectivity index (χ2n) is 8.70. The summed E-state index contributed by atoms with van der Waals surface area (Å²) in [7, 11) is 0. The maximum atomic E-state index is 14.0. The van der Waals surface area contributed by atoms with Crippen LogP contribution in [0.4, 0.5) is 8.78 Å². The molecule has 0 aromatic rings. The lowest BCUT2D eigenvalue weighted by atomic mass is 9.44. The number of alkyl halides is 2. The fourth-order valence-corrected chi connectivity index (χ4v) is 6.19. The molecule has 3 aliphatic rings. The monoisotopic (exact) mass is 354 g/mol. The average molecular weight is 354 g/mol. The van der Waals surface area contributed by atoms with Crippen molar-refractivity contribution in [3.8, 4) is 0 Å². The smallest absolute Gasteiger partial charge is 0.309 e. The third-order valence-electron chi connectivity index (χ3n) is 7.68. The van der Waals surface area contributed by atoms with Crippen LogP contribution in [0, 0.1) is 34.5 Å². The molecule has 2 saturated carbocycles. The molecule has 2 fully saturated rings. The lowest BCUT2D eigenvalue weighted by molar-refractivity contribution is -0.169. The molecule has 0 bridgehead atoms. The van der Waals surface area contributed by atoms with Gasteiger partial charge in [0.2, 0.25) is 6.43 Å². The molecular weight excluding hydrogens is 326 g/mol.